The lowest BCUT2D eigenvalue weighted by Gasteiger charge is -2.15. The molecule has 2 heterocycles. The maximum absolute atomic E-state index is 12.1. The van der Waals surface area contributed by atoms with Crippen molar-refractivity contribution in [3.05, 3.63) is 42.0 Å². The van der Waals surface area contributed by atoms with Crippen LogP contribution in [0.5, 0.6) is 0 Å². The molecule has 0 aliphatic rings. The van der Waals surface area contributed by atoms with E-state index in [0.717, 1.165) is 25.0 Å². The second-order valence-corrected chi connectivity index (χ2v) is 5.17. The molecule has 1 unspecified atom stereocenters. The third-order valence-electron chi connectivity index (χ3n) is 3.35. The molecule has 0 aliphatic carbocycles. The van der Waals surface area contributed by atoms with Gasteiger partial charge in [-0.05, 0) is 18.6 Å². The van der Waals surface area contributed by atoms with Crippen LogP contribution in [0.3, 0.4) is 0 Å². The number of pyridine rings is 1. The molecule has 9 heteroatoms. The minimum Gasteiger partial charge on any atom is -0.347 e. The highest BCUT2D eigenvalue weighted by molar-refractivity contribution is 5.92. The van der Waals surface area contributed by atoms with E-state index < -0.39 is 0 Å². The molecular weight excluding hydrogens is 351 g/mol. The predicted molar refractivity (Wildman–Crippen MR) is 97.7 cm³/mol. The molecule has 1 amide bonds. The maximum Gasteiger partial charge on any atom is 0.273 e. The zero-order valence-electron chi connectivity index (χ0n) is 13.6. The molecule has 2 aromatic heterocycles. The van der Waals surface area contributed by atoms with Crippen molar-refractivity contribution in [2.45, 2.75) is 38.8 Å². The van der Waals surface area contributed by atoms with Crippen LogP contribution in [-0.2, 0) is 6.54 Å². The zero-order chi connectivity index (χ0) is 15.8. The Kier molecular flexibility index (Phi) is 10.9. The van der Waals surface area contributed by atoms with Crippen molar-refractivity contribution in [3.8, 4) is 0 Å². The Morgan fingerprint density at radius 3 is 2.79 bits per heavy atom. The summed E-state index contributed by atoms with van der Waals surface area (Å²) in [6, 6.07) is 5.64. The van der Waals surface area contributed by atoms with Crippen LogP contribution < -0.4 is 11.1 Å². The standard InChI is InChI=1S/C15H22N6O.2ClH/c1-2-3-6-12(9-16)18-15(22)14-11-21(20-19-14)10-13-7-4-5-8-17-13;;/h4-5,7-8,11-12H,2-3,6,9-10,16H2,1H3,(H,18,22);2*1H. The molecule has 0 saturated carbocycles. The number of hydrogen-bond acceptors (Lipinski definition) is 5. The van der Waals surface area contributed by atoms with Gasteiger partial charge in [-0.25, -0.2) is 4.68 Å². The van der Waals surface area contributed by atoms with Crippen molar-refractivity contribution < 1.29 is 4.79 Å². The number of nitrogens with two attached hydrogens (primary N) is 1. The number of amides is 1. The average molecular weight is 375 g/mol. The van der Waals surface area contributed by atoms with E-state index in [4.69, 9.17) is 5.73 Å². The second-order valence-electron chi connectivity index (χ2n) is 5.17. The third kappa shape index (κ3) is 6.82. The summed E-state index contributed by atoms with van der Waals surface area (Å²) in [6.07, 6.45) is 6.33. The van der Waals surface area contributed by atoms with E-state index in [1.165, 1.54) is 0 Å². The fourth-order valence-electron chi connectivity index (χ4n) is 2.10. The summed E-state index contributed by atoms with van der Waals surface area (Å²) in [5.41, 5.74) is 6.84. The van der Waals surface area contributed by atoms with Crippen LogP contribution in [0.25, 0.3) is 0 Å². The lowest BCUT2D eigenvalue weighted by Crippen LogP contribution is -2.40. The largest absolute Gasteiger partial charge is 0.347 e. The summed E-state index contributed by atoms with van der Waals surface area (Å²) < 4.78 is 1.60. The summed E-state index contributed by atoms with van der Waals surface area (Å²) in [5, 5.41) is 10.8. The average Bonchev–Trinajstić information content (AvgIpc) is 3.01. The number of carbonyl (C=O) groups excluding carboxylic acids is 1. The van der Waals surface area contributed by atoms with Crippen molar-refractivity contribution in [2.24, 2.45) is 5.73 Å². The van der Waals surface area contributed by atoms with Gasteiger partial charge in [0.05, 0.1) is 18.4 Å². The monoisotopic (exact) mass is 374 g/mol. The molecule has 0 fully saturated rings. The van der Waals surface area contributed by atoms with Gasteiger partial charge in [0.1, 0.15) is 0 Å². The Hall–Kier alpha value is -1.70. The minimum atomic E-state index is -0.237. The fourth-order valence-corrected chi connectivity index (χ4v) is 2.10. The zero-order valence-corrected chi connectivity index (χ0v) is 15.2. The first-order chi connectivity index (χ1) is 10.7. The summed E-state index contributed by atoms with van der Waals surface area (Å²) in [4.78, 5) is 16.4. The van der Waals surface area contributed by atoms with Gasteiger partial charge in [0, 0.05) is 18.8 Å². The topological polar surface area (TPSA) is 98.7 Å². The molecule has 0 aromatic carbocycles. The van der Waals surface area contributed by atoms with Gasteiger partial charge in [-0.15, -0.1) is 29.9 Å². The number of aromatic nitrogens is 4. The number of halogens is 2. The number of nitrogens with zero attached hydrogens (tertiary/aromatic N) is 4. The number of rotatable bonds is 8. The lowest BCUT2D eigenvalue weighted by atomic mass is 10.1. The van der Waals surface area contributed by atoms with Crippen molar-refractivity contribution in [2.75, 3.05) is 6.54 Å². The number of carbonyl (C=O) groups is 1. The number of nitrogens with one attached hydrogen (secondary N) is 1. The summed E-state index contributed by atoms with van der Waals surface area (Å²) in [6.45, 7) is 3.02. The van der Waals surface area contributed by atoms with Gasteiger partial charge in [0.2, 0.25) is 0 Å². The smallest absolute Gasteiger partial charge is 0.273 e. The van der Waals surface area contributed by atoms with E-state index in [1.807, 2.05) is 18.2 Å². The van der Waals surface area contributed by atoms with Gasteiger partial charge in [0.25, 0.3) is 5.91 Å². The van der Waals surface area contributed by atoms with E-state index >= 15 is 0 Å². The molecule has 0 radical (unpaired) electrons. The van der Waals surface area contributed by atoms with Gasteiger partial charge >= 0.3 is 0 Å². The van der Waals surface area contributed by atoms with Crippen LogP contribution >= 0.6 is 24.8 Å². The lowest BCUT2D eigenvalue weighted by molar-refractivity contribution is 0.0930. The fraction of sp³-hybridized carbons (Fsp3) is 0.467. The molecule has 7 nitrogen and oxygen atoms in total. The quantitative estimate of drug-likeness (QED) is 0.733. The van der Waals surface area contributed by atoms with Crippen LogP contribution in [0.2, 0.25) is 0 Å². The van der Waals surface area contributed by atoms with Crippen LogP contribution in [0.1, 0.15) is 42.4 Å². The van der Waals surface area contributed by atoms with E-state index in [2.05, 4.69) is 27.5 Å². The van der Waals surface area contributed by atoms with Crippen molar-refractivity contribution >= 4 is 30.7 Å². The Balaban J connectivity index is 0.00000264. The molecule has 134 valence electrons. The highest BCUT2D eigenvalue weighted by Gasteiger charge is 2.15. The van der Waals surface area contributed by atoms with E-state index in [0.29, 0.717) is 18.8 Å². The first-order valence-corrected chi connectivity index (χ1v) is 7.54. The van der Waals surface area contributed by atoms with Crippen molar-refractivity contribution in [3.63, 3.8) is 0 Å². The van der Waals surface area contributed by atoms with E-state index in [1.54, 1.807) is 17.1 Å². The highest BCUT2D eigenvalue weighted by Crippen LogP contribution is 2.02. The molecule has 0 saturated heterocycles. The van der Waals surface area contributed by atoms with Gasteiger partial charge in [-0.3, -0.25) is 9.78 Å². The van der Waals surface area contributed by atoms with Crippen LogP contribution in [0, 0.1) is 0 Å². The molecule has 0 bridgehead atoms. The minimum absolute atomic E-state index is 0. The number of hydrogen-bond donors (Lipinski definition) is 2. The summed E-state index contributed by atoms with van der Waals surface area (Å²) in [5.74, 6) is -0.237. The van der Waals surface area contributed by atoms with Gasteiger partial charge in [0.15, 0.2) is 5.69 Å². The van der Waals surface area contributed by atoms with Gasteiger partial charge in [-0.1, -0.05) is 31.0 Å². The second kappa shape index (κ2) is 11.8. The van der Waals surface area contributed by atoms with Gasteiger partial charge < -0.3 is 11.1 Å². The predicted octanol–water partition coefficient (Wildman–Crippen LogP) is 1.81. The van der Waals surface area contributed by atoms with E-state index in [-0.39, 0.29) is 36.8 Å². The molecule has 0 spiro atoms. The molecule has 2 aromatic rings. The summed E-state index contributed by atoms with van der Waals surface area (Å²) >= 11 is 0. The Morgan fingerprint density at radius 1 is 1.38 bits per heavy atom. The highest BCUT2D eigenvalue weighted by atomic mass is 35.5. The van der Waals surface area contributed by atoms with Crippen molar-refractivity contribution in [1.82, 2.24) is 25.3 Å². The Labute approximate surface area is 154 Å². The van der Waals surface area contributed by atoms with E-state index in [9.17, 15) is 4.79 Å². The molecule has 3 N–H and O–H groups in total. The van der Waals surface area contributed by atoms with Crippen LogP contribution in [0.4, 0.5) is 0 Å². The molecule has 2 rings (SSSR count). The first-order valence-electron chi connectivity index (χ1n) is 7.54. The van der Waals surface area contributed by atoms with Crippen LogP contribution in [-0.4, -0.2) is 38.5 Å². The normalized spacial score (nSPS) is 11.1. The Bertz CT molecular complexity index is 593. The van der Waals surface area contributed by atoms with Gasteiger partial charge in [-0.2, -0.15) is 0 Å². The van der Waals surface area contributed by atoms with Crippen LogP contribution in [0.15, 0.2) is 30.6 Å². The SMILES string of the molecule is CCCCC(CN)NC(=O)c1cn(Cc2ccccn2)nn1.Cl.Cl. The Morgan fingerprint density at radius 2 is 2.17 bits per heavy atom. The third-order valence-corrected chi connectivity index (χ3v) is 3.35. The number of unbranched alkanes of at least 4 members (excludes halogenated alkanes) is 1. The molecule has 1 atom stereocenters. The maximum atomic E-state index is 12.1. The van der Waals surface area contributed by atoms with Crippen molar-refractivity contribution in [1.29, 1.82) is 0 Å². The molecular formula is C15H24Cl2N6O. The molecule has 24 heavy (non-hydrogen) atoms. The molecule has 0 aliphatic heterocycles. The summed E-state index contributed by atoms with van der Waals surface area (Å²) in [7, 11) is 0. The first kappa shape index (κ1) is 22.3.